The van der Waals surface area contributed by atoms with Crippen LogP contribution < -0.4 is 5.32 Å². The summed E-state index contributed by atoms with van der Waals surface area (Å²) >= 11 is 0. The lowest BCUT2D eigenvalue weighted by atomic mass is 9.96. The quantitative estimate of drug-likeness (QED) is 0.786. The number of amides is 1. The number of hydrogen-bond donors (Lipinski definition) is 1. The van der Waals surface area contributed by atoms with Gasteiger partial charge in [0, 0.05) is 45.2 Å². The molecule has 2 heterocycles. The first-order valence-corrected chi connectivity index (χ1v) is 12.2. The molecule has 1 N–H and O–H groups in total. The van der Waals surface area contributed by atoms with E-state index in [0.29, 0.717) is 50.1 Å². The predicted molar refractivity (Wildman–Crippen MR) is 117 cm³/mol. The van der Waals surface area contributed by atoms with E-state index >= 15 is 4.39 Å². The number of piperazine rings is 1. The van der Waals surface area contributed by atoms with Crippen LogP contribution in [0.15, 0.2) is 48.5 Å². The normalized spacial score (nSPS) is 24.1. The van der Waals surface area contributed by atoms with Crippen molar-refractivity contribution in [3.63, 3.8) is 0 Å². The van der Waals surface area contributed by atoms with Crippen LogP contribution in [0.5, 0.6) is 0 Å². The molecule has 0 aromatic heterocycles. The summed E-state index contributed by atoms with van der Waals surface area (Å²) in [6, 6.07) is 13.7. The number of sulfonamides is 1. The van der Waals surface area contributed by atoms with Gasteiger partial charge in [-0.05, 0) is 30.0 Å². The van der Waals surface area contributed by atoms with Crippen LogP contribution in [0.1, 0.15) is 47.7 Å². The number of carbonyl (C=O) groups is 1. The van der Waals surface area contributed by atoms with Gasteiger partial charge in [0.25, 0.3) is 0 Å². The van der Waals surface area contributed by atoms with Crippen molar-refractivity contribution in [2.45, 2.75) is 37.6 Å². The second-order valence-electron chi connectivity index (χ2n) is 8.16. The van der Waals surface area contributed by atoms with E-state index in [4.69, 9.17) is 0 Å². The Balaban J connectivity index is 1.67. The van der Waals surface area contributed by atoms with Gasteiger partial charge in [-0.2, -0.15) is 4.31 Å². The first kappa shape index (κ1) is 21.9. The average molecular weight is 446 g/mol. The van der Waals surface area contributed by atoms with Gasteiger partial charge in [0.1, 0.15) is 11.1 Å². The highest BCUT2D eigenvalue weighted by Crippen LogP contribution is 2.36. The largest absolute Gasteiger partial charge is 0.333 e. The standard InChI is InChI=1S/C23H28FN3O3S/c1-17(28)27-14-12-25-15-22(27)19-9-5-10-21(24)20(19)16-26-13-6-11-23(31(26,29)30)18-7-3-2-4-8-18/h2-5,7-10,22-23,25H,6,11-16H2,1H3. The van der Waals surface area contributed by atoms with Crippen molar-refractivity contribution in [3.05, 3.63) is 71.0 Å². The SMILES string of the molecule is CC(=O)N1CCNCC1c1cccc(F)c1CN1CCCC(c2ccccc2)S1(=O)=O. The fourth-order valence-corrected chi connectivity index (χ4v) is 6.69. The summed E-state index contributed by atoms with van der Waals surface area (Å²) in [6.45, 7) is 3.56. The van der Waals surface area contributed by atoms with Crippen LogP contribution in [0.3, 0.4) is 0 Å². The Morgan fingerprint density at radius 2 is 1.90 bits per heavy atom. The maximum atomic E-state index is 15.0. The summed E-state index contributed by atoms with van der Waals surface area (Å²) in [5.74, 6) is -0.514. The first-order valence-electron chi connectivity index (χ1n) is 10.7. The Labute approximate surface area is 183 Å². The molecule has 6 nitrogen and oxygen atoms in total. The van der Waals surface area contributed by atoms with E-state index < -0.39 is 21.1 Å². The van der Waals surface area contributed by atoms with Crippen LogP contribution in [-0.4, -0.2) is 49.7 Å². The van der Waals surface area contributed by atoms with E-state index in [2.05, 4.69) is 5.32 Å². The van der Waals surface area contributed by atoms with Crippen LogP contribution in [0.2, 0.25) is 0 Å². The maximum absolute atomic E-state index is 15.0. The zero-order valence-corrected chi connectivity index (χ0v) is 18.4. The molecule has 2 saturated heterocycles. The molecule has 166 valence electrons. The third kappa shape index (κ3) is 4.37. The number of carbonyl (C=O) groups excluding carboxylic acids is 1. The fourth-order valence-electron chi connectivity index (χ4n) is 4.67. The molecule has 2 aliphatic heterocycles. The number of hydrogen-bond acceptors (Lipinski definition) is 4. The molecule has 0 bridgehead atoms. The average Bonchev–Trinajstić information content (AvgIpc) is 2.76. The van der Waals surface area contributed by atoms with Crippen LogP contribution in [-0.2, 0) is 21.4 Å². The number of benzene rings is 2. The minimum Gasteiger partial charge on any atom is -0.333 e. The smallest absolute Gasteiger partial charge is 0.221 e. The lowest BCUT2D eigenvalue weighted by Gasteiger charge is -2.38. The second kappa shape index (κ2) is 9.06. The van der Waals surface area contributed by atoms with Crippen molar-refractivity contribution in [1.82, 2.24) is 14.5 Å². The van der Waals surface area contributed by atoms with Crippen LogP contribution in [0.4, 0.5) is 4.39 Å². The summed E-state index contributed by atoms with van der Waals surface area (Å²) in [5, 5.41) is 2.64. The van der Waals surface area contributed by atoms with Gasteiger partial charge in [0.2, 0.25) is 15.9 Å². The van der Waals surface area contributed by atoms with E-state index in [9.17, 15) is 13.2 Å². The molecule has 1 amide bonds. The monoisotopic (exact) mass is 445 g/mol. The molecule has 2 fully saturated rings. The predicted octanol–water partition coefficient (Wildman–Crippen LogP) is 2.99. The van der Waals surface area contributed by atoms with Crippen LogP contribution in [0, 0.1) is 5.82 Å². The highest BCUT2D eigenvalue weighted by Gasteiger charge is 2.38. The van der Waals surface area contributed by atoms with Gasteiger partial charge in [-0.3, -0.25) is 4.79 Å². The molecule has 31 heavy (non-hydrogen) atoms. The van der Waals surface area contributed by atoms with Crippen molar-refractivity contribution in [2.24, 2.45) is 0 Å². The maximum Gasteiger partial charge on any atom is 0.221 e. The van der Waals surface area contributed by atoms with Crippen LogP contribution >= 0.6 is 0 Å². The van der Waals surface area contributed by atoms with Crippen molar-refractivity contribution in [3.8, 4) is 0 Å². The lowest BCUT2D eigenvalue weighted by Crippen LogP contribution is -2.48. The fraction of sp³-hybridized carbons (Fsp3) is 0.435. The molecule has 0 saturated carbocycles. The van der Waals surface area contributed by atoms with Gasteiger partial charge in [0.05, 0.1) is 6.04 Å². The number of nitrogens with one attached hydrogen (secondary N) is 1. The van der Waals surface area contributed by atoms with E-state index in [1.807, 2.05) is 30.3 Å². The molecule has 2 atom stereocenters. The van der Waals surface area contributed by atoms with Gasteiger partial charge >= 0.3 is 0 Å². The topological polar surface area (TPSA) is 69.7 Å². The molecule has 8 heteroatoms. The van der Waals surface area contributed by atoms with Gasteiger partial charge in [0.15, 0.2) is 0 Å². The number of rotatable bonds is 4. The van der Waals surface area contributed by atoms with Crippen LogP contribution in [0.25, 0.3) is 0 Å². The van der Waals surface area contributed by atoms with E-state index in [1.54, 1.807) is 17.0 Å². The molecule has 2 aromatic carbocycles. The van der Waals surface area contributed by atoms with E-state index in [-0.39, 0.29) is 18.5 Å². The van der Waals surface area contributed by atoms with Gasteiger partial charge in [-0.15, -0.1) is 0 Å². The third-order valence-electron chi connectivity index (χ3n) is 6.26. The van der Waals surface area contributed by atoms with Crippen molar-refractivity contribution < 1.29 is 17.6 Å². The molecule has 2 aliphatic rings. The molecular formula is C23H28FN3O3S. The van der Waals surface area contributed by atoms with Crippen molar-refractivity contribution >= 4 is 15.9 Å². The summed E-state index contributed by atoms with van der Waals surface area (Å²) in [5.41, 5.74) is 1.78. The minimum absolute atomic E-state index is 0.0318. The number of nitrogens with zero attached hydrogens (tertiary/aromatic N) is 2. The van der Waals surface area contributed by atoms with Gasteiger partial charge in [-0.25, -0.2) is 12.8 Å². The van der Waals surface area contributed by atoms with Gasteiger partial charge < -0.3 is 10.2 Å². The molecular weight excluding hydrogens is 417 g/mol. The molecule has 0 radical (unpaired) electrons. The number of halogens is 1. The second-order valence-corrected chi connectivity index (χ2v) is 10.3. The Bertz CT molecular complexity index is 1050. The van der Waals surface area contributed by atoms with Crippen molar-refractivity contribution in [1.29, 1.82) is 0 Å². The Hall–Kier alpha value is -2.29. The van der Waals surface area contributed by atoms with E-state index in [0.717, 1.165) is 5.56 Å². The molecule has 2 unspecified atom stereocenters. The summed E-state index contributed by atoms with van der Waals surface area (Å²) in [6.07, 6.45) is 1.27. The van der Waals surface area contributed by atoms with Gasteiger partial charge in [-0.1, -0.05) is 42.5 Å². The third-order valence-corrected chi connectivity index (χ3v) is 8.52. The zero-order chi connectivity index (χ0) is 22.0. The Morgan fingerprint density at radius 1 is 1.13 bits per heavy atom. The summed E-state index contributed by atoms with van der Waals surface area (Å²) in [4.78, 5) is 13.9. The Morgan fingerprint density at radius 3 is 2.65 bits per heavy atom. The first-order chi connectivity index (χ1) is 14.9. The summed E-state index contributed by atoms with van der Waals surface area (Å²) < 4.78 is 43.3. The summed E-state index contributed by atoms with van der Waals surface area (Å²) in [7, 11) is -3.64. The molecule has 0 aliphatic carbocycles. The molecule has 0 spiro atoms. The Kier molecular flexibility index (Phi) is 6.41. The highest BCUT2D eigenvalue weighted by atomic mass is 32.2. The molecule has 4 rings (SSSR count). The van der Waals surface area contributed by atoms with Crippen molar-refractivity contribution in [2.75, 3.05) is 26.2 Å². The lowest BCUT2D eigenvalue weighted by molar-refractivity contribution is -0.132. The molecule has 2 aromatic rings. The van der Waals surface area contributed by atoms with E-state index in [1.165, 1.54) is 17.3 Å². The minimum atomic E-state index is -3.64. The highest BCUT2D eigenvalue weighted by molar-refractivity contribution is 7.89. The zero-order valence-electron chi connectivity index (χ0n) is 17.6.